The Morgan fingerprint density at radius 2 is 1.87 bits per heavy atom. The van der Waals surface area contributed by atoms with Gasteiger partial charge in [-0.05, 0) is 13.8 Å². The van der Waals surface area contributed by atoms with Gasteiger partial charge in [0, 0.05) is 17.2 Å². The zero-order chi connectivity index (χ0) is 10.8. The van der Waals surface area contributed by atoms with Gasteiger partial charge in [-0.15, -0.1) is 22.7 Å². The number of aliphatic hydroxyl groups excluding tert-OH is 1. The normalized spacial score (nSPS) is 13.0. The number of thiazole rings is 2. The molecule has 1 atom stereocenters. The lowest BCUT2D eigenvalue weighted by atomic mass is 10.2. The number of hydrogen-bond acceptors (Lipinski definition) is 5. The van der Waals surface area contributed by atoms with Crippen LogP contribution in [0.4, 0.5) is 0 Å². The van der Waals surface area contributed by atoms with E-state index in [9.17, 15) is 5.11 Å². The van der Waals surface area contributed by atoms with Crippen molar-refractivity contribution in [3.05, 3.63) is 32.2 Å². The van der Waals surface area contributed by atoms with Crippen molar-refractivity contribution in [2.45, 2.75) is 26.4 Å². The van der Waals surface area contributed by atoms with Crippen LogP contribution in [0, 0.1) is 13.8 Å². The van der Waals surface area contributed by atoms with Crippen LogP contribution >= 0.6 is 22.7 Å². The van der Waals surface area contributed by atoms with Crippen molar-refractivity contribution < 1.29 is 5.11 Å². The third kappa shape index (κ3) is 2.62. The summed E-state index contributed by atoms with van der Waals surface area (Å²) >= 11 is 3.17. The molecule has 0 saturated heterocycles. The molecule has 2 rings (SSSR count). The standard InChI is InChI=1S/C10H12N2OS2/c1-6-11-8(4-14-6)3-10(13)9-5-15-7(2)12-9/h4-5,10,13H,3H2,1-2H3. The molecule has 0 aromatic carbocycles. The van der Waals surface area contributed by atoms with Crippen molar-refractivity contribution in [3.63, 3.8) is 0 Å². The van der Waals surface area contributed by atoms with Crippen molar-refractivity contribution in [1.29, 1.82) is 0 Å². The van der Waals surface area contributed by atoms with Crippen LogP contribution in [0.1, 0.15) is 27.5 Å². The zero-order valence-electron chi connectivity index (χ0n) is 8.60. The number of aryl methyl sites for hydroxylation is 2. The highest BCUT2D eigenvalue weighted by molar-refractivity contribution is 7.09. The molecule has 2 heterocycles. The van der Waals surface area contributed by atoms with Gasteiger partial charge < -0.3 is 5.11 Å². The summed E-state index contributed by atoms with van der Waals surface area (Å²) in [5.41, 5.74) is 1.69. The first kappa shape index (κ1) is 10.7. The smallest absolute Gasteiger partial charge is 0.102 e. The van der Waals surface area contributed by atoms with Gasteiger partial charge in [0.1, 0.15) is 6.10 Å². The lowest BCUT2D eigenvalue weighted by molar-refractivity contribution is 0.173. The monoisotopic (exact) mass is 240 g/mol. The molecule has 0 aliphatic heterocycles. The fourth-order valence-corrected chi connectivity index (χ4v) is 2.62. The van der Waals surface area contributed by atoms with Crippen LogP contribution in [0.5, 0.6) is 0 Å². The molecule has 5 heteroatoms. The van der Waals surface area contributed by atoms with Gasteiger partial charge in [0.15, 0.2) is 0 Å². The molecular formula is C10H12N2OS2. The van der Waals surface area contributed by atoms with Crippen LogP contribution in [0.3, 0.4) is 0 Å². The second-order valence-corrected chi connectivity index (χ2v) is 5.49. The van der Waals surface area contributed by atoms with Gasteiger partial charge in [-0.1, -0.05) is 0 Å². The highest BCUT2D eigenvalue weighted by atomic mass is 32.1. The first-order valence-corrected chi connectivity index (χ1v) is 6.42. The van der Waals surface area contributed by atoms with Crippen molar-refractivity contribution in [1.82, 2.24) is 9.97 Å². The largest absolute Gasteiger partial charge is 0.386 e. The quantitative estimate of drug-likeness (QED) is 0.896. The molecule has 1 N–H and O–H groups in total. The van der Waals surface area contributed by atoms with Gasteiger partial charge in [-0.25, -0.2) is 9.97 Å². The first-order chi connectivity index (χ1) is 7.15. The van der Waals surface area contributed by atoms with Crippen LogP contribution in [0.15, 0.2) is 10.8 Å². The summed E-state index contributed by atoms with van der Waals surface area (Å²) < 4.78 is 0. The van der Waals surface area contributed by atoms with Crippen molar-refractivity contribution >= 4 is 22.7 Å². The van der Waals surface area contributed by atoms with Crippen LogP contribution in [0.25, 0.3) is 0 Å². The Kier molecular flexibility index (Phi) is 3.14. The molecule has 1 unspecified atom stereocenters. The number of hydrogen-bond donors (Lipinski definition) is 1. The van der Waals surface area contributed by atoms with Crippen LogP contribution in [0.2, 0.25) is 0 Å². The number of aromatic nitrogens is 2. The Hall–Kier alpha value is -0.780. The molecule has 0 fully saturated rings. The van der Waals surface area contributed by atoms with Crippen molar-refractivity contribution in [3.8, 4) is 0 Å². The van der Waals surface area contributed by atoms with E-state index in [-0.39, 0.29) is 0 Å². The predicted molar refractivity (Wildman–Crippen MR) is 62.4 cm³/mol. The molecule has 80 valence electrons. The third-order valence-electron chi connectivity index (χ3n) is 2.05. The Bertz CT molecular complexity index is 450. The molecule has 0 bridgehead atoms. The number of nitrogens with zero attached hydrogens (tertiary/aromatic N) is 2. The summed E-state index contributed by atoms with van der Waals surface area (Å²) in [5.74, 6) is 0. The number of rotatable bonds is 3. The van der Waals surface area contributed by atoms with Crippen molar-refractivity contribution in [2.24, 2.45) is 0 Å². The molecule has 0 aliphatic carbocycles. The van der Waals surface area contributed by atoms with Gasteiger partial charge in [0.25, 0.3) is 0 Å². The van der Waals surface area contributed by atoms with Gasteiger partial charge in [-0.2, -0.15) is 0 Å². The zero-order valence-corrected chi connectivity index (χ0v) is 10.2. The second kappa shape index (κ2) is 4.38. The summed E-state index contributed by atoms with van der Waals surface area (Å²) in [6.07, 6.45) is 0.0181. The molecule has 2 aromatic heterocycles. The minimum atomic E-state index is -0.531. The summed E-state index contributed by atoms with van der Waals surface area (Å²) in [5, 5.41) is 15.8. The average Bonchev–Trinajstić information content (AvgIpc) is 2.75. The van der Waals surface area contributed by atoms with Gasteiger partial charge >= 0.3 is 0 Å². The molecule has 0 aliphatic rings. The maximum Gasteiger partial charge on any atom is 0.102 e. The molecular weight excluding hydrogens is 228 g/mol. The van der Waals surface area contributed by atoms with E-state index in [1.54, 1.807) is 22.7 Å². The highest BCUT2D eigenvalue weighted by Crippen LogP contribution is 2.20. The third-order valence-corrected chi connectivity index (χ3v) is 3.66. The molecule has 3 nitrogen and oxygen atoms in total. The lowest BCUT2D eigenvalue weighted by Crippen LogP contribution is -2.02. The van der Waals surface area contributed by atoms with Crippen LogP contribution < -0.4 is 0 Å². The summed E-state index contributed by atoms with van der Waals surface area (Å²) in [6, 6.07) is 0. The Morgan fingerprint density at radius 3 is 2.40 bits per heavy atom. The van der Waals surface area contributed by atoms with Gasteiger partial charge in [0.05, 0.1) is 21.4 Å². The van der Waals surface area contributed by atoms with E-state index in [1.165, 1.54) is 0 Å². The molecule has 0 spiro atoms. The predicted octanol–water partition coefficient (Wildman–Crippen LogP) is 2.49. The van der Waals surface area contributed by atoms with E-state index in [1.807, 2.05) is 24.6 Å². The molecule has 15 heavy (non-hydrogen) atoms. The van der Waals surface area contributed by atoms with E-state index < -0.39 is 6.10 Å². The summed E-state index contributed by atoms with van der Waals surface area (Å²) in [4.78, 5) is 8.57. The van der Waals surface area contributed by atoms with E-state index >= 15 is 0 Å². The Balaban J connectivity index is 2.06. The van der Waals surface area contributed by atoms with E-state index in [4.69, 9.17) is 0 Å². The first-order valence-electron chi connectivity index (χ1n) is 4.66. The molecule has 0 radical (unpaired) electrons. The van der Waals surface area contributed by atoms with E-state index in [0.717, 1.165) is 21.4 Å². The SMILES string of the molecule is Cc1nc(CC(O)c2csc(C)n2)cs1. The average molecular weight is 240 g/mol. The fourth-order valence-electron chi connectivity index (χ4n) is 1.34. The summed E-state index contributed by atoms with van der Waals surface area (Å²) in [6.45, 7) is 3.90. The molecule has 0 amide bonds. The fraction of sp³-hybridized carbons (Fsp3) is 0.400. The maximum absolute atomic E-state index is 9.91. The number of aliphatic hydroxyl groups is 1. The minimum Gasteiger partial charge on any atom is -0.386 e. The topological polar surface area (TPSA) is 46.0 Å². The maximum atomic E-state index is 9.91. The van der Waals surface area contributed by atoms with Gasteiger partial charge in [0.2, 0.25) is 0 Å². The van der Waals surface area contributed by atoms with Crippen LogP contribution in [-0.2, 0) is 6.42 Å². The van der Waals surface area contributed by atoms with E-state index in [2.05, 4.69) is 9.97 Å². The minimum absolute atomic E-state index is 0.531. The lowest BCUT2D eigenvalue weighted by Gasteiger charge is -2.04. The molecule has 2 aromatic rings. The van der Waals surface area contributed by atoms with Crippen molar-refractivity contribution in [2.75, 3.05) is 0 Å². The Labute approximate surface area is 96.5 Å². The Morgan fingerprint density at radius 1 is 1.20 bits per heavy atom. The van der Waals surface area contributed by atoms with Crippen LogP contribution in [-0.4, -0.2) is 15.1 Å². The van der Waals surface area contributed by atoms with Gasteiger partial charge in [-0.3, -0.25) is 0 Å². The highest BCUT2D eigenvalue weighted by Gasteiger charge is 2.13. The summed E-state index contributed by atoms with van der Waals surface area (Å²) in [7, 11) is 0. The second-order valence-electron chi connectivity index (χ2n) is 3.37. The van der Waals surface area contributed by atoms with E-state index in [0.29, 0.717) is 6.42 Å². The molecule has 0 saturated carbocycles.